The third-order valence-electron chi connectivity index (χ3n) is 7.81. The van der Waals surface area contributed by atoms with E-state index in [2.05, 4.69) is 135 Å². The summed E-state index contributed by atoms with van der Waals surface area (Å²) in [5.41, 5.74) is 4.64. The Kier molecular flexibility index (Phi) is 10.4. The van der Waals surface area contributed by atoms with Crippen molar-refractivity contribution in [3.63, 3.8) is 0 Å². The van der Waals surface area contributed by atoms with E-state index in [9.17, 15) is 9.90 Å². The highest BCUT2D eigenvalue weighted by atomic mass is 32.2. The standard InChI is InChI=1S/C30H39S.C7H12O2/c1-28(2,3)22-10-16-25(17-11-22)31(26-18-12-23(13-19-26)29(4,5)6)27-20-14-24(15-21-27)30(7,8)9;8-7(9)6-4-2-1-3-5-6/h10-21H,1-9H3;6H,1-5H2,(H,8,9)/q+1;/p-1. The molecule has 0 aliphatic heterocycles. The summed E-state index contributed by atoms with van der Waals surface area (Å²) in [6.07, 6.45) is 5.01. The van der Waals surface area contributed by atoms with E-state index in [1.165, 1.54) is 37.8 Å². The van der Waals surface area contributed by atoms with E-state index in [1.54, 1.807) is 0 Å². The molecule has 216 valence electrons. The second kappa shape index (κ2) is 13.0. The van der Waals surface area contributed by atoms with Gasteiger partial charge in [0.05, 0.1) is 10.9 Å². The fraction of sp³-hybridized carbons (Fsp3) is 0.486. The highest BCUT2D eigenvalue weighted by Gasteiger charge is 2.30. The molecule has 1 aliphatic rings. The molecule has 0 radical (unpaired) electrons. The van der Waals surface area contributed by atoms with Crippen LogP contribution in [0.3, 0.4) is 0 Å². The summed E-state index contributed by atoms with van der Waals surface area (Å²) in [7, 11) is -0.120. The number of carbonyl (C=O) groups excluding carboxylic acids is 1. The Morgan fingerprint density at radius 3 is 1.02 bits per heavy atom. The van der Waals surface area contributed by atoms with Gasteiger partial charge in [-0.25, -0.2) is 0 Å². The Balaban J connectivity index is 0.000000415. The quantitative estimate of drug-likeness (QED) is 0.300. The SMILES string of the molecule is CC(C)(C)c1ccc([S+](c2ccc(C(C)(C)C)cc2)c2ccc(C(C)(C)C)cc2)cc1.O=C([O-])C1CCCCC1. The van der Waals surface area contributed by atoms with Gasteiger partial charge in [0.1, 0.15) is 0 Å². The molecule has 0 spiro atoms. The van der Waals surface area contributed by atoms with Crippen LogP contribution in [0.25, 0.3) is 0 Å². The Morgan fingerprint density at radius 2 is 0.825 bits per heavy atom. The van der Waals surface area contributed by atoms with Crippen LogP contribution in [-0.4, -0.2) is 5.97 Å². The first-order valence-electron chi connectivity index (χ1n) is 14.8. The molecule has 0 saturated heterocycles. The van der Waals surface area contributed by atoms with E-state index >= 15 is 0 Å². The van der Waals surface area contributed by atoms with Crippen LogP contribution >= 0.6 is 0 Å². The van der Waals surface area contributed by atoms with Gasteiger partial charge in [-0.1, -0.05) is 118 Å². The first-order chi connectivity index (χ1) is 18.6. The number of hydrogen-bond donors (Lipinski definition) is 0. The molecule has 3 heteroatoms. The van der Waals surface area contributed by atoms with E-state index in [-0.39, 0.29) is 33.1 Å². The monoisotopic (exact) mass is 558 g/mol. The molecule has 40 heavy (non-hydrogen) atoms. The van der Waals surface area contributed by atoms with E-state index in [4.69, 9.17) is 0 Å². The van der Waals surface area contributed by atoms with Crippen molar-refractivity contribution in [2.75, 3.05) is 0 Å². The molecule has 0 unspecified atom stereocenters. The number of hydrogen-bond acceptors (Lipinski definition) is 2. The molecule has 3 aromatic rings. The zero-order valence-corrected chi connectivity index (χ0v) is 27.1. The van der Waals surface area contributed by atoms with Crippen LogP contribution in [0.1, 0.15) is 111 Å². The molecule has 2 nitrogen and oxygen atoms in total. The summed E-state index contributed by atoms with van der Waals surface area (Å²) in [6.45, 7) is 20.5. The summed E-state index contributed by atoms with van der Waals surface area (Å²) >= 11 is 0. The summed E-state index contributed by atoms with van der Waals surface area (Å²) in [5.74, 6) is -0.992. The Bertz CT molecular complexity index is 1080. The fourth-order valence-corrected chi connectivity index (χ4v) is 7.06. The number of carbonyl (C=O) groups is 1. The lowest BCUT2D eigenvalue weighted by molar-refractivity contribution is -0.312. The molecular formula is C37H50O2S. The van der Waals surface area contributed by atoms with Crippen molar-refractivity contribution in [1.29, 1.82) is 0 Å². The van der Waals surface area contributed by atoms with Crippen molar-refractivity contribution in [2.45, 2.75) is 125 Å². The number of carboxylic acid groups (broad SMARTS) is 1. The summed E-state index contributed by atoms with van der Waals surface area (Å²) in [4.78, 5) is 14.4. The van der Waals surface area contributed by atoms with Gasteiger partial charge < -0.3 is 9.90 Å². The Labute approximate surface area is 247 Å². The van der Waals surface area contributed by atoms with Crippen LogP contribution in [-0.2, 0) is 31.9 Å². The minimum atomic E-state index is -0.852. The van der Waals surface area contributed by atoms with Crippen LogP contribution in [0, 0.1) is 5.92 Å². The average molecular weight is 559 g/mol. The number of benzene rings is 3. The average Bonchev–Trinajstić information content (AvgIpc) is 2.89. The minimum absolute atomic E-state index is 0.120. The molecule has 0 N–H and O–H groups in total. The van der Waals surface area contributed by atoms with Crippen molar-refractivity contribution in [3.8, 4) is 0 Å². The van der Waals surface area contributed by atoms with Gasteiger partial charge in [0.15, 0.2) is 14.7 Å². The van der Waals surface area contributed by atoms with E-state index in [0.717, 1.165) is 25.7 Å². The molecule has 0 amide bonds. The van der Waals surface area contributed by atoms with E-state index in [0.29, 0.717) is 0 Å². The van der Waals surface area contributed by atoms with Crippen molar-refractivity contribution < 1.29 is 9.90 Å². The number of carboxylic acids is 1. The van der Waals surface area contributed by atoms with Gasteiger partial charge in [0.2, 0.25) is 0 Å². The second-order valence-electron chi connectivity index (χ2n) is 14.3. The lowest BCUT2D eigenvalue weighted by atomic mass is 9.87. The minimum Gasteiger partial charge on any atom is -0.550 e. The van der Waals surface area contributed by atoms with Gasteiger partial charge in [-0.05, 0) is 88.1 Å². The van der Waals surface area contributed by atoms with Gasteiger partial charge in [-0.15, -0.1) is 0 Å². The highest BCUT2D eigenvalue weighted by Crippen LogP contribution is 2.35. The molecule has 0 atom stereocenters. The first kappa shape index (κ1) is 32.0. The number of rotatable bonds is 4. The third kappa shape index (κ3) is 8.74. The second-order valence-corrected chi connectivity index (χ2v) is 16.3. The van der Waals surface area contributed by atoms with Crippen molar-refractivity contribution in [2.24, 2.45) is 5.92 Å². The van der Waals surface area contributed by atoms with Crippen LogP contribution < -0.4 is 5.11 Å². The zero-order chi connectivity index (χ0) is 29.7. The number of aliphatic carboxylic acids is 1. The largest absolute Gasteiger partial charge is 0.550 e. The molecule has 4 rings (SSSR count). The first-order valence-corrected chi connectivity index (χ1v) is 16.1. The van der Waals surface area contributed by atoms with Gasteiger partial charge in [0.25, 0.3) is 0 Å². The van der Waals surface area contributed by atoms with Crippen molar-refractivity contribution in [3.05, 3.63) is 89.5 Å². The molecular weight excluding hydrogens is 508 g/mol. The molecule has 1 fully saturated rings. The predicted molar refractivity (Wildman–Crippen MR) is 169 cm³/mol. The Hall–Kier alpha value is -2.52. The summed E-state index contributed by atoms with van der Waals surface area (Å²) in [6, 6.07) is 27.8. The molecule has 3 aromatic carbocycles. The van der Waals surface area contributed by atoms with Gasteiger partial charge in [0, 0.05) is 5.97 Å². The van der Waals surface area contributed by atoms with Crippen molar-refractivity contribution in [1.82, 2.24) is 0 Å². The van der Waals surface area contributed by atoms with Crippen LogP contribution in [0.5, 0.6) is 0 Å². The van der Waals surface area contributed by atoms with Crippen LogP contribution in [0.15, 0.2) is 87.5 Å². The maximum Gasteiger partial charge on any atom is 0.166 e. The molecule has 1 saturated carbocycles. The predicted octanol–water partition coefficient (Wildman–Crippen LogP) is 8.99. The van der Waals surface area contributed by atoms with Gasteiger partial charge >= 0.3 is 0 Å². The maximum absolute atomic E-state index is 10.2. The van der Waals surface area contributed by atoms with E-state index in [1.807, 2.05) is 0 Å². The van der Waals surface area contributed by atoms with Crippen LogP contribution in [0.2, 0.25) is 0 Å². The third-order valence-corrected chi connectivity index (χ3v) is 10.0. The lowest BCUT2D eigenvalue weighted by Crippen LogP contribution is -2.32. The topological polar surface area (TPSA) is 40.1 Å². The van der Waals surface area contributed by atoms with Crippen LogP contribution in [0.4, 0.5) is 0 Å². The van der Waals surface area contributed by atoms with E-state index < -0.39 is 5.97 Å². The molecule has 0 aromatic heterocycles. The fourth-order valence-electron chi connectivity index (χ4n) is 5.02. The Morgan fingerprint density at radius 1 is 0.550 bits per heavy atom. The highest BCUT2D eigenvalue weighted by molar-refractivity contribution is 7.97. The smallest absolute Gasteiger partial charge is 0.166 e. The molecule has 0 bridgehead atoms. The summed E-state index contributed by atoms with van der Waals surface area (Å²) < 4.78 is 0. The zero-order valence-electron chi connectivity index (χ0n) is 26.3. The van der Waals surface area contributed by atoms with Crippen molar-refractivity contribution >= 4 is 16.9 Å². The van der Waals surface area contributed by atoms with Gasteiger partial charge in [-0.3, -0.25) is 0 Å². The summed E-state index contributed by atoms with van der Waals surface area (Å²) in [5, 5.41) is 10.2. The molecule has 1 aliphatic carbocycles. The van der Waals surface area contributed by atoms with Gasteiger partial charge in [-0.2, -0.15) is 0 Å². The normalized spacial score (nSPS) is 14.9. The maximum atomic E-state index is 10.2. The lowest BCUT2D eigenvalue weighted by Gasteiger charge is -2.21. The molecule has 0 heterocycles.